The van der Waals surface area contributed by atoms with Gasteiger partial charge in [-0.2, -0.15) is 0 Å². The average molecular weight is 387 g/mol. The number of anilines is 2. The predicted molar refractivity (Wildman–Crippen MR) is 107 cm³/mol. The van der Waals surface area contributed by atoms with E-state index in [1.54, 1.807) is 7.11 Å². The first-order chi connectivity index (χ1) is 13.1. The molecule has 0 radical (unpaired) electrons. The standard InChI is InChI=1S/C21H23ClN2O3/c1-3-27-21(25)20-17-13-14(22)6-11-18(17)23-12-4-5-19(23)24(20)15-7-9-16(26-2)10-8-15/h6-11,13,19-20H,3-5,12H2,1-2H3/t19-,20+/m1/s1. The van der Waals surface area contributed by atoms with Gasteiger partial charge in [0.25, 0.3) is 0 Å². The number of methoxy groups -OCH3 is 1. The number of carbonyl (C=O) groups is 1. The number of hydrogen-bond donors (Lipinski definition) is 0. The first-order valence-corrected chi connectivity index (χ1v) is 9.67. The second-order valence-corrected chi connectivity index (χ2v) is 7.22. The van der Waals surface area contributed by atoms with Crippen LogP contribution in [-0.2, 0) is 9.53 Å². The maximum atomic E-state index is 13.0. The number of ether oxygens (including phenoxy) is 2. The lowest BCUT2D eigenvalue weighted by atomic mass is 9.97. The molecule has 2 aliphatic rings. The van der Waals surface area contributed by atoms with Gasteiger partial charge in [0.15, 0.2) is 6.04 Å². The molecule has 1 fully saturated rings. The van der Waals surface area contributed by atoms with Gasteiger partial charge < -0.3 is 19.3 Å². The number of halogens is 1. The SMILES string of the molecule is CCOC(=O)[C@@H]1c2cc(Cl)ccc2N2CCC[C@H]2N1c1ccc(OC)cc1. The summed E-state index contributed by atoms with van der Waals surface area (Å²) in [5.74, 6) is 0.540. The van der Waals surface area contributed by atoms with E-state index in [0.29, 0.717) is 11.6 Å². The Balaban J connectivity index is 1.86. The van der Waals surface area contributed by atoms with Crippen molar-refractivity contribution in [1.82, 2.24) is 0 Å². The zero-order chi connectivity index (χ0) is 19.0. The fourth-order valence-electron chi connectivity index (χ4n) is 4.18. The van der Waals surface area contributed by atoms with Crippen LogP contribution in [0.4, 0.5) is 11.4 Å². The zero-order valence-electron chi connectivity index (χ0n) is 15.5. The van der Waals surface area contributed by atoms with E-state index in [1.165, 1.54) is 0 Å². The van der Waals surface area contributed by atoms with Crippen LogP contribution in [0.1, 0.15) is 31.4 Å². The predicted octanol–water partition coefficient (Wildman–Crippen LogP) is 4.40. The minimum Gasteiger partial charge on any atom is -0.497 e. The number of carbonyl (C=O) groups excluding carboxylic acids is 1. The highest BCUT2D eigenvalue weighted by Crippen LogP contribution is 2.46. The molecular weight excluding hydrogens is 364 g/mol. The van der Waals surface area contributed by atoms with Crippen LogP contribution in [-0.4, -0.2) is 32.4 Å². The van der Waals surface area contributed by atoms with E-state index in [9.17, 15) is 4.79 Å². The van der Waals surface area contributed by atoms with E-state index < -0.39 is 6.04 Å². The van der Waals surface area contributed by atoms with Crippen molar-refractivity contribution >= 4 is 28.9 Å². The fraction of sp³-hybridized carbons (Fsp3) is 0.381. The molecule has 0 aliphatic carbocycles. The molecule has 2 atom stereocenters. The molecule has 2 aromatic carbocycles. The van der Waals surface area contributed by atoms with Gasteiger partial charge in [0.1, 0.15) is 11.9 Å². The van der Waals surface area contributed by atoms with Gasteiger partial charge in [-0.15, -0.1) is 0 Å². The quantitative estimate of drug-likeness (QED) is 0.728. The number of nitrogens with zero attached hydrogens (tertiary/aromatic N) is 2. The minimum atomic E-state index is -0.522. The third-order valence-corrected chi connectivity index (χ3v) is 5.53. The number of fused-ring (bicyclic) bond motifs is 3. The lowest BCUT2D eigenvalue weighted by Gasteiger charge is -2.47. The maximum Gasteiger partial charge on any atom is 0.333 e. The molecule has 27 heavy (non-hydrogen) atoms. The van der Waals surface area contributed by atoms with E-state index in [2.05, 4.69) is 9.80 Å². The first-order valence-electron chi connectivity index (χ1n) is 9.29. The molecule has 142 valence electrons. The van der Waals surface area contributed by atoms with Crippen LogP contribution >= 0.6 is 11.6 Å². The molecule has 0 spiro atoms. The lowest BCUT2D eigenvalue weighted by molar-refractivity contribution is -0.145. The summed E-state index contributed by atoms with van der Waals surface area (Å²) in [4.78, 5) is 17.6. The maximum absolute atomic E-state index is 13.0. The Labute approximate surface area is 164 Å². The summed E-state index contributed by atoms with van der Waals surface area (Å²) in [6, 6.07) is 13.1. The third-order valence-electron chi connectivity index (χ3n) is 5.29. The minimum absolute atomic E-state index is 0.112. The Hall–Kier alpha value is -2.40. The van der Waals surface area contributed by atoms with Crippen molar-refractivity contribution < 1.29 is 14.3 Å². The molecule has 0 N–H and O–H groups in total. The lowest BCUT2D eigenvalue weighted by Crippen LogP contribution is -2.53. The van der Waals surface area contributed by atoms with Crippen LogP contribution in [0.15, 0.2) is 42.5 Å². The summed E-state index contributed by atoms with van der Waals surface area (Å²) < 4.78 is 10.7. The van der Waals surface area contributed by atoms with Crippen molar-refractivity contribution in [1.29, 1.82) is 0 Å². The Morgan fingerprint density at radius 1 is 1.22 bits per heavy atom. The molecule has 0 bridgehead atoms. The van der Waals surface area contributed by atoms with E-state index in [0.717, 1.165) is 42.1 Å². The molecule has 2 heterocycles. The molecule has 6 heteroatoms. The smallest absolute Gasteiger partial charge is 0.333 e. The summed E-state index contributed by atoms with van der Waals surface area (Å²) in [5.41, 5.74) is 2.94. The summed E-state index contributed by atoms with van der Waals surface area (Å²) in [7, 11) is 1.65. The number of hydrogen-bond acceptors (Lipinski definition) is 5. The number of esters is 1. The molecule has 2 aliphatic heterocycles. The molecule has 0 aromatic heterocycles. The highest BCUT2D eigenvalue weighted by molar-refractivity contribution is 6.30. The van der Waals surface area contributed by atoms with Crippen molar-refractivity contribution in [3.05, 3.63) is 53.1 Å². The van der Waals surface area contributed by atoms with E-state index in [-0.39, 0.29) is 12.1 Å². The van der Waals surface area contributed by atoms with Crippen molar-refractivity contribution in [3.8, 4) is 5.75 Å². The Bertz CT molecular complexity index is 840. The summed E-state index contributed by atoms with van der Waals surface area (Å²) >= 11 is 6.29. The monoisotopic (exact) mass is 386 g/mol. The average Bonchev–Trinajstić information content (AvgIpc) is 3.16. The van der Waals surface area contributed by atoms with E-state index >= 15 is 0 Å². The van der Waals surface area contributed by atoms with Gasteiger partial charge in [-0.25, -0.2) is 4.79 Å². The van der Waals surface area contributed by atoms with Gasteiger partial charge in [-0.05, 0) is 62.2 Å². The van der Waals surface area contributed by atoms with Crippen molar-refractivity contribution in [2.24, 2.45) is 0 Å². The topological polar surface area (TPSA) is 42.0 Å². The van der Waals surface area contributed by atoms with Crippen LogP contribution in [0.25, 0.3) is 0 Å². The fourth-order valence-corrected chi connectivity index (χ4v) is 4.36. The van der Waals surface area contributed by atoms with Crippen molar-refractivity contribution in [2.75, 3.05) is 30.1 Å². The molecule has 0 amide bonds. The van der Waals surface area contributed by atoms with Crippen LogP contribution in [0, 0.1) is 0 Å². The second kappa shape index (κ2) is 7.31. The van der Waals surface area contributed by atoms with Crippen LogP contribution in [0.3, 0.4) is 0 Å². The third kappa shape index (κ3) is 3.10. The first kappa shape index (κ1) is 18.0. The molecule has 0 unspecified atom stereocenters. The molecule has 4 rings (SSSR count). The largest absolute Gasteiger partial charge is 0.497 e. The molecule has 0 saturated carbocycles. The highest BCUT2D eigenvalue weighted by atomic mass is 35.5. The van der Waals surface area contributed by atoms with Gasteiger partial charge in [0.05, 0.1) is 13.7 Å². The normalized spacial score (nSPS) is 20.9. The summed E-state index contributed by atoms with van der Waals surface area (Å²) in [6.45, 7) is 3.14. The van der Waals surface area contributed by atoms with E-state index in [4.69, 9.17) is 21.1 Å². The Kier molecular flexibility index (Phi) is 4.87. The van der Waals surface area contributed by atoms with Gasteiger partial charge in [0, 0.05) is 28.5 Å². The van der Waals surface area contributed by atoms with Gasteiger partial charge in [-0.1, -0.05) is 11.6 Å². The molecule has 2 aromatic rings. The molecule has 5 nitrogen and oxygen atoms in total. The van der Waals surface area contributed by atoms with Crippen molar-refractivity contribution in [2.45, 2.75) is 32.0 Å². The van der Waals surface area contributed by atoms with E-state index in [1.807, 2.05) is 49.4 Å². The Morgan fingerprint density at radius 3 is 2.70 bits per heavy atom. The zero-order valence-corrected chi connectivity index (χ0v) is 16.3. The summed E-state index contributed by atoms with van der Waals surface area (Å²) in [6.07, 6.45) is 2.18. The molecule has 1 saturated heterocycles. The van der Waals surface area contributed by atoms with Crippen LogP contribution in [0.2, 0.25) is 5.02 Å². The highest BCUT2D eigenvalue weighted by Gasteiger charge is 2.45. The Morgan fingerprint density at radius 2 is 2.00 bits per heavy atom. The van der Waals surface area contributed by atoms with Crippen molar-refractivity contribution in [3.63, 3.8) is 0 Å². The number of rotatable bonds is 4. The van der Waals surface area contributed by atoms with Crippen LogP contribution < -0.4 is 14.5 Å². The van der Waals surface area contributed by atoms with Gasteiger partial charge in [-0.3, -0.25) is 0 Å². The number of benzene rings is 2. The molecular formula is C21H23ClN2O3. The summed E-state index contributed by atoms with van der Waals surface area (Å²) in [5, 5.41) is 0.621. The van der Waals surface area contributed by atoms with Crippen LogP contribution in [0.5, 0.6) is 5.75 Å². The second-order valence-electron chi connectivity index (χ2n) is 6.78. The van der Waals surface area contributed by atoms with Gasteiger partial charge >= 0.3 is 5.97 Å². The van der Waals surface area contributed by atoms with Gasteiger partial charge in [0.2, 0.25) is 0 Å².